The van der Waals surface area contributed by atoms with E-state index in [4.69, 9.17) is 16.0 Å². The van der Waals surface area contributed by atoms with Crippen molar-refractivity contribution in [2.24, 2.45) is 0 Å². The Bertz CT molecular complexity index is 940. The van der Waals surface area contributed by atoms with E-state index in [0.717, 1.165) is 26.4 Å². The number of benzene rings is 3. The second-order valence-electron chi connectivity index (χ2n) is 4.52. The lowest BCUT2D eigenvalue weighted by Crippen LogP contribution is -1.74. The van der Waals surface area contributed by atoms with Gasteiger partial charge in [0, 0.05) is 21.3 Å². The molecule has 0 saturated carbocycles. The maximum Gasteiger partial charge on any atom is 0.137 e. The lowest BCUT2D eigenvalue weighted by molar-refractivity contribution is 0.669. The van der Waals surface area contributed by atoms with Gasteiger partial charge in [0.25, 0.3) is 0 Å². The van der Waals surface area contributed by atoms with Gasteiger partial charge in [0.2, 0.25) is 0 Å². The van der Waals surface area contributed by atoms with Crippen molar-refractivity contribution in [1.29, 1.82) is 0 Å². The van der Waals surface area contributed by atoms with Crippen LogP contribution in [0.15, 0.2) is 57.4 Å². The largest absolute Gasteiger partial charge is 0.456 e. The fraction of sp³-hybridized carbons (Fsp3) is 0. The quantitative estimate of drug-likeness (QED) is 0.376. The standard InChI is InChI=1S/C16H8BrClO/c17-12-7-11-15(8-13(12)18)19-14-6-5-9-3-1-2-4-10(9)16(11)14/h1-8H. The van der Waals surface area contributed by atoms with E-state index in [1.165, 1.54) is 10.8 Å². The van der Waals surface area contributed by atoms with Gasteiger partial charge in [-0.25, -0.2) is 0 Å². The van der Waals surface area contributed by atoms with Crippen LogP contribution < -0.4 is 0 Å². The van der Waals surface area contributed by atoms with Crippen molar-refractivity contribution in [2.75, 3.05) is 0 Å². The zero-order valence-electron chi connectivity index (χ0n) is 9.78. The van der Waals surface area contributed by atoms with Crippen LogP contribution in [0.5, 0.6) is 0 Å². The predicted octanol–water partition coefficient (Wildman–Crippen LogP) is 6.16. The number of rotatable bonds is 0. The minimum Gasteiger partial charge on any atom is -0.456 e. The zero-order chi connectivity index (χ0) is 13.0. The van der Waals surface area contributed by atoms with E-state index in [1.54, 1.807) is 0 Å². The summed E-state index contributed by atoms with van der Waals surface area (Å²) in [6, 6.07) is 16.3. The summed E-state index contributed by atoms with van der Waals surface area (Å²) in [4.78, 5) is 0. The second-order valence-corrected chi connectivity index (χ2v) is 5.79. The van der Waals surface area contributed by atoms with Gasteiger partial charge < -0.3 is 4.42 Å². The lowest BCUT2D eigenvalue weighted by atomic mass is 10.0. The second kappa shape index (κ2) is 3.99. The van der Waals surface area contributed by atoms with Gasteiger partial charge in [0.1, 0.15) is 11.2 Å². The SMILES string of the molecule is Clc1cc2oc3ccc4ccccc4c3c2cc1Br. The van der Waals surface area contributed by atoms with Gasteiger partial charge in [-0.15, -0.1) is 0 Å². The molecule has 92 valence electrons. The van der Waals surface area contributed by atoms with Crippen LogP contribution in [0.25, 0.3) is 32.7 Å². The van der Waals surface area contributed by atoms with Crippen LogP contribution in [0.1, 0.15) is 0 Å². The summed E-state index contributed by atoms with van der Waals surface area (Å²) in [6.07, 6.45) is 0. The molecule has 4 rings (SSSR count). The Morgan fingerprint density at radius 1 is 0.895 bits per heavy atom. The molecule has 0 aliphatic heterocycles. The molecule has 0 atom stereocenters. The average Bonchev–Trinajstić information content (AvgIpc) is 2.77. The fourth-order valence-corrected chi connectivity index (χ4v) is 3.04. The molecule has 0 saturated heterocycles. The van der Waals surface area contributed by atoms with Crippen molar-refractivity contribution in [2.45, 2.75) is 0 Å². The molecule has 4 aromatic rings. The summed E-state index contributed by atoms with van der Waals surface area (Å²) in [5, 5.41) is 5.31. The third-order valence-corrected chi connectivity index (χ3v) is 4.60. The first-order chi connectivity index (χ1) is 9.24. The number of furan rings is 1. The molecule has 0 spiro atoms. The van der Waals surface area contributed by atoms with Crippen LogP contribution >= 0.6 is 27.5 Å². The maximum absolute atomic E-state index is 6.13. The Kier molecular flexibility index (Phi) is 2.38. The Morgan fingerprint density at radius 3 is 2.63 bits per heavy atom. The third kappa shape index (κ3) is 1.60. The smallest absolute Gasteiger partial charge is 0.137 e. The summed E-state index contributed by atoms with van der Waals surface area (Å²) >= 11 is 9.60. The molecule has 19 heavy (non-hydrogen) atoms. The summed E-state index contributed by atoms with van der Waals surface area (Å²) in [6.45, 7) is 0. The summed E-state index contributed by atoms with van der Waals surface area (Å²) in [5.41, 5.74) is 1.71. The Hall–Kier alpha value is -1.51. The van der Waals surface area contributed by atoms with Gasteiger partial charge in [-0.05, 0) is 38.8 Å². The molecule has 1 nitrogen and oxygen atoms in total. The predicted molar refractivity (Wildman–Crippen MR) is 83.9 cm³/mol. The van der Waals surface area contributed by atoms with Crippen LogP contribution in [-0.2, 0) is 0 Å². The van der Waals surface area contributed by atoms with Crippen molar-refractivity contribution in [1.82, 2.24) is 0 Å². The van der Waals surface area contributed by atoms with E-state index in [2.05, 4.69) is 34.1 Å². The summed E-state index contributed by atoms with van der Waals surface area (Å²) in [7, 11) is 0. The van der Waals surface area contributed by atoms with Crippen LogP contribution in [0.2, 0.25) is 5.02 Å². The molecule has 3 heteroatoms. The zero-order valence-corrected chi connectivity index (χ0v) is 12.1. The van der Waals surface area contributed by atoms with Crippen molar-refractivity contribution < 1.29 is 4.42 Å². The molecule has 0 aliphatic rings. The monoisotopic (exact) mass is 330 g/mol. The van der Waals surface area contributed by atoms with Gasteiger partial charge in [0.05, 0.1) is 5.02 Å². The molecule has 0 bridgehead atoms. The first-order valence-corrected chi connectivity index (χ1v) is 7.10. The van der Waals surface area contributed by atoms with E-state index < -0.39 is 0 Å². The van der Waals surface area contributed by atoms with Gasteiger partial charge in [0.15, 0.2) is 0 Å². The normalized spacial score (nSPS) is 11.7. The molecular weight excluding hydrogens is 324 g/mol. The minimum atomic E-state index is 0.663. The third-order valence-electron chi connectivity index (χ3n) is 3.40. The topological polar surface area (TPSA) is 13.1 Å². The molecule has 0 fully saturated rings. The Morgan fingerprint density at radius 2 is 1.74 bits per heavy atom. The van der Waals surface area contributed by atoms with Crippen LogP contribution in [0.3, 0.4) is 0 Å². The number of hydrogen-bond acceptors (Lipinski definition) is 1. The highest BCUT2D eigenvalue weighted by Crippen LogP contribution is 2.38. The van der Waals surface area contributed by atoms with Crippen LogP contribution in [0, 0.1) is 0 Å². The molecule has 1 aromatic heterocycles. The molecule has 0 amide bonds. The van der Waals surface area contributed by atoms with Gasteiger partial charge in [-0.3, -0.25) is 0 Å². The maximum atomic E-state index is 6.13. The van der Waals surface area contributed by atoms with Gasteiger partial charge >= 0.3 is 0 Å². The molecule has 0 aliphatic carbocycles. The first kappa shape index (κ1) is 11.3. The Labute approximate surface area is 122 Å². The van der Waals surface area contributed by atoms with Crippen LogP contribution in [-0.4, -0.2) is 0 Å². The van der Waals surface area contributed by atoms with Crippen molar-refractivity contribution in [3.8, 4) is 0 Å². The first-order valence-electron chi connectivity index (χ1n) is 5.93. The van der Waals surface area contributed by atoms with Crippen LogP contribution in [0.4, 0.5) is 0 Å². The molecule has 0 unspecified atom stereocenters. The summed E-state index contributed by atoms with van der Waals surface area (Å²) < 4.78 is 6.78. The van der Waals surface area contributed by atoms with E-state index in [9.17, 15) is 0 Å². The van der Waals surface area contributed by atoms with Crippen molar-refractivity contribution >= 4 is 60.2 Å². The van der Waals surface area contributed by atoms with Crippen molar-refractivity contribution in [3.05, 3.63) is 58.0 Å². The number of fused-ring (bicyclic) bond motifs is 5. The average molecular weight is 332 g/mol. The van der Waals surface area contributed by atoms with Gasteiger partial charge in [-0.1, -0.05) is 41.9 Å². The molecule has 3 aromatic carbocycles. The van der Waals surface area contributed by atoms with E-state index in [1.807, 2.05) is 30.3 Å². The highest BCUT2D eigenvalue weighted by Gasteiger charge is 2.12. The van der Waals surface area contributed by atoms with E-state index in [-0.39, 0.29) is 0 Å². The molecular formula is C16H8BrClO. The molecule has 0 N–H and O–H groups in total. The van der Waals surface area contributed by atoms with Crippen molar-refractivity contribution in [3.63, 3.8) is 0 Å². The highest BCUT2D eigenvalue weighted by atomic mass is 79.9. The lowest BCUT2D eigenvalue weighted by Gasteiger charge is -1.99. The molecule has 0 radical (unpaired) electrons. The van der Waals surface area contributed by atoms with E-state index in [0.29, 0.717) is 5.02 Å². The minimum absolute atomic E-state index is 0.663. The summed E-state index contributed by atoms with van der Waals surface area (Å²) in [5.74, 6) is 0. The Balaban J connectivity index is 2.32. The fourth-order valence-electron chi connectivity index (χ4n) is 2.54. The van der Waals surface area contributed by atoms with E-state index >= 15 is 0 Å². The number of halogens is 2. The number of hydrogen-bond donors (Lipinski definition) is 0. The van der Waals surface area contributed by atoms with Gasteiger partial charge in [-0.2, -0.15) is 0 Å². The highest BCUT2D eigenvalue weighted by molar-refractivity contribution is 9.10. The molecule has 1 heterocycles.